The third-order valence-corrected chi connectivity index (χ3v) is 3.91. The van der Waals surface area contributed by atoms with Crippen molar-refractivity contribution in [1.29, 1.82) is 0 Å². The first-order valence-corrected chi connectivity index (χ1v) is 7.58. The van der Waals surface area contributed by atoms with Crippen molar-refractivity contribution in [2.75, 3.05) is 0 Å². The van der Waals surface area contributed by atoms with Gasteiger partial charge in [-0.15, -0.1) is 0 Å². The van der Waals surface area contributed by atoms with E-state index in [0.717, 1.165) is 52.3 Å². The van der Waals surface area contributed by atoms with Gasteiger partial charge in [-0.3, -0.25) is 15.0 Å². The van der Waals surface area contributed by atoms with E-state index in [2.05, 4.69) is 37.2 Å². The molecule has 0 saturated heterocycles. The van der Waals surface area contributed by atoms with E-state index in [4.69, 9.17) is 0 Å². The molecule has 4 heterocycles. The summed E-state index contributed by atoms with van der Waals surface area (Å²) in [4.78, 5) is 17.7. The average Bonchev–Trinajstić information content (AvgIpc) is 3.02. The third-order valence-electron chi connectivity index (χ3n) is 3.91. The van der Waals surface area contributed by atoms with E-state index >= 15 is 0 Å². The molecule has 0 aliphatic heterocycles. The maximum Gasteiger partial charge on any atom is 0.177 e. The van der Waals surface area contributed by atoms with Crippen LogP contribution in [-0.4, -0.2) is 29.5 Å². The summed E-state index contributed by atoms with van der Waals surface area (Å²) in [5.74, 6) is 0.817. The minimum Gasteiger partial charge on any atom is -0.262 e. The molecular weight excluding hydrogens is 288 g/mol. The zero-order valence-electron chi connectivity index (χ0n) is 13.1. The van der Waals surface area contributed by atoms with Crippen LogP contribution in [0.2, 0.25) is 0 Å². The second-order valence-electron chi connectivity index (χ2n) is 5.62. The van der Waals surface area contributed by atoms with Gasteiger partial charge in [-0.05, 0) is 32.4 Å². The van der Waals surface area contributed by atoms with Crippen molar-refractivity contribution in [2.24, 2.45) is 0 Å². The number of aromatic nitrogens is 6. The Labute approximate surface area is 133 Å². The molecule has 0 saturated carbocycles. The molecule has 4 rings (SSSR count). The Morgan fingerprint density at radius 3 is 2.78 bits per heavy atom. The second-order valence-corrected chi connectivity index (χ2v) is 5.62. The fraction of sp³-hybridized carbons (Fsp3) is 0.235. The molecule has 6 nitrogen and oxygen atoms in total. The summed E-state index contributed by atoms with van der Waals surface area (Å²) in [6, 6.07) is 6.10. The van der Waals surface area contributed by atoms with Crippen LogP contribution in [0.1, 0.15) is 22.9 Å². The van der Waals surface area contributed by atoms with Crippen molar-refractivity contribution in [3.63, 3.8) is 0 Å². The Bertz CT molecular complexity index is 965. The van der Waals surface area contributed by atoms with Gasteiger partial charge >= 0.3 is 0 Å². The molecule has 0 aromatic carbocycles. The lowest BCUT2D eigenvalue weighted by Crippen LogP contribution is -1.99. The molecule has 4 aromatic heterocycles. The monoisotopic (exact) mass is 304 g/mol. The number of hydrogen-bond acceptors (Lipinski definition) is 5. The Balaban J connectivity index is 1.60. The highest BCUT2D eigenvalue weighted by atomic mass is 15.3. The zero-order valence-corrected chi connectivity index (χ0v) is 13.1. The summed E-state index contributed by atoms with van der Waals surface area (Å²) in [5, 5.41) is 5.68. The Morgan fingerprint density at radius 1 is 1.00 bits per heavy atom. The molecule has 0 aliphatic rings. The van der Waals surface area contributed by atoms with Gasteiger partial charge in [0.25, 0.3) is 0 Å². The molecule has 23 heavy (non-hydrogen) atoms. The number of nitrogens with zero attached hydrogens (tertiary/aromatic N) is 6. The lowest BCUT2D eigenvalue weighted by Gasteiger charge is -2.01. The topological polar surface area (TPSA) is 68.9 Å². The molecular formula is C17H16N6. The molecule has 0 fully saturated rings. The molecule has 0 radical (unpaired) electrons. The minimum atomic E-state index is 0.749. The van der Waals surface area contributed by atoms with Crippen LogP contribution in [0.5, 0.6) is 0 Å². The number of aryl methyl sites for hydroxylation is 4. The Hall–Kier alpha value is -2.89. The van der Waals surface area contributed by atoms with Gasteiger partial charge in [0.1, 0.15) is 0 Å². The summed E-state index contributed by atoms with van der Waals surface area (Å²) in [5.41, 5.74) is 4.65. The van der Waals surface area contributed by atoms with Gasteiger partial charge in [0.05, 0.1) is 23.1 Å². The van der Waals surface area contributed by atoms with E-state index < -0.39 is 0 Å². The lowest BCUT2D eigenvalue weighted by atomic mass is 10.2. The highest BCUT2D eigenvalue weighted by Gasteiger charge is 2.09. The first-order valence-electron chi connectivity index (χ1n) is 7.58. The van der Waals surface area contributed by atoms with Gasteiger partial charge in [0, 0.05) is 29.9 Å². The fourth-order valence-electron chi connectivity index (χ4n) is 2.63. The van der Waals surface area contributed by atoms with Gasteiger partial charge < -0.3 is 0 Å². The van der Waals surface area contributed by atoms with E-state index in [0.29, 0.717) is 0 Å². The predicted molar refractivity (Wildman–Crippen MR) is 87.2 cm³/mol. The smallest absolute Gasteiger partial charge is 0.177 e. The molecule has 4 aromatic rings. The molecule has 0 atom stereocenters. The van der Waals surface area contributed by atoms with E-state index in [-0.39, 0.29) is 0 Å². The molecule has 114 valence electrons. The average molecular weight is 304 g/mol. The third kappa shape index (κ3) is 2.52. The maximum absolute atomic E-state index is 4.64. The standard InChI is InChI=1S/C17H16N6/c1-11-9-19-12(2)17-21-16(22-23(11)17)6-5-14-4-3-13-7-8-18-10-15(13)20-14/h3-4,7-10H,5-6H2,1-2H3. The summed E-state index contributed by atoms with van der Waals surface area (Å²) < 4.78 is 1.86. The Morgan fingerprint density at radius 2 is 1.91 bits per heavy atom. The van der Waals surface area contributed by atoms with Crippen LogP contribution >= 0.6 is 0 Å². The highest BCUT2D eigenvalue weighted by Crippen LogP contribution is 2.13. The number of pyridine rings is 2. The van der Waals surface area contributed by atoms with Crippen LogP contribution in [0.25, 0.3) is 16.6 Å². The van der Waals surface area contributed by atoms with Crippen molar-refractivity contribution in [1.82, 2.24) is 29.5 Å². The van der Waals surface area contributed by atoms with Crippen LogP contribution in [0.3, 0.4) is 0 Å². The van der Waals surface area contributed by atoms with Crippen molar-refractivity contribution in [3.8, 4) is 0 Å². The maximum atomic E-state index is 4.64. The molecule has 0 N–H and O–H groups in total. The van der Waals surface area contributed by atoms with E-state index in [1.807, 2.05) is 30.6 Å². The SMILES string of the molecule is Cc1ncc(C)n2nc(CCc3ccc4ccncc4n3)nc12. The van der Waals surface area contributed by atoms with E-state index in [1.54, 1.807) is 12.4 Å². The van der Waals surface area contributed by atoms with Gasteiger partial charge in [0.2, 0.25) is 0 Å². The van der Waals surface area contributed by atoms with Crippen LogP contribution in [-0.2, 0) is 12.8 Å². The zero-order chi connectivity index (χ0) is 15.8. The minimum absolute atomic E-state index is 0.749. The molecule has 0 bridgehead atoms. The second kappa shape index (κ2) is 5.39. The van der Waals surface area contributed by atoms with Crippen molar-refractivity contribution < 1.29 is 0 Å². The molecule has 6 heteroatoms. The van der Waals surface area contributed by atoms with E-state index in [9.17, 15) is 0 Å². The number of hydrogen-bond donors (Lipinski definition) is 0. The van der Waals surface area contributed by atoms with Crippen LogP contribution in [0.15, 0.2) is 36.8 Å². The number of rotatable bonds is 3. The van der Waals surface area contributed by atoms with E-state index in [1.165, 1.54) is 0 Å². The van der Waals surface area contributed by atoms with Crippen molar-refractivity contribution >= 4 is 16.6 Å². The van der Waals surface area contributed by atoms with Gasteiger partial charge in [-0.1, -0.05) is 6.07 Å². The van der Waals surface area contributed by atoms with Crippen molar-refractivity contribution in [2.45, 2.75) is 26.7 Å². The molecule has 0 unspecified atom stereocenters. The highest BCUT2D eigenvalue weighted by molar-refractivity contribution is 5.77. The fourth-order valence-corrected chi connectivity index (χ4v) is 2.63. The predicted octanol–water partition coefficient (Wildman–Crippen LogP) is 2.47. The van der Waals surface area contributed by atoms with Crippen molar-refractivity contribution in [3.05, 3.63) is 59.7 Å². The normalized spacial score (nSPS) is 11.4. The van der Waals surface area contributed by atoms with Gasteiger partial charge in [0.15, 0.2) is 11.5 Å². The first-order chi connectivity index (χ1) is 11.2. The van der Waals surface area contributed by atoms with Gasteiger partial charge in [-0.25, -0.2) is 9.50 Å². The summed E-state index contributed by atoms with van der Waals surface area (Å²) >= 11 is 0. The number of fused-ring (bicyclic) bond motifs is 2. The molecule has 0 amide bonds. The Kier molecular flexibility index (Phi) is 3.22. The van der Waals surface area contributed by atoms with Crippen LogP contribution < -0.4 is 0 Å². The summed E-state index contributed by atoms with van der Waals surface area (Å²) in [6.45, 7) is 3.93. The van der Waals surface area contributed by atoms with Crippen LogP contribution in [0, 0.1) is 13.8 Å². The summed E-state index contributed by atoms with van der Waals surface area (Å²) in [7, 11) is 0. The van der Waals surface area contributed by atoms with Gasteiger partial charge in [-0.2, -0.15) is 5.10 Å². The lowest BCUT2D eigenvalue weighted by molar-refractivity contribution is 0.808. The summed E-state index contributed by atoms with van der Waals surface area (Å²) in [6.07, 6.45) is 6.94. The molecule has 0 aliphatic carbocycles. The molecule has 0 spiro atoms. The largest absolute Gasteiger partial charge is 0.262 e. The van der Waals surface area contributed by atoms with Crippen LogP contribution in [0.4, 0.5) is 0 Å². The first kappa shape index (κ1) is 13.8. The quantitative estimate of drug-likeness (QED) is 0.581.